The summed E-state index contributed by atoms with van der Waals surface area (Å²) in [7, 11) is 0. The third-order valence-corrected chi connectivity index (χ3v) is 2.85. The summed E-state index contributed by atoms with van der Waals surface area (Å²) in [4.78, 5) is 4.27. The predicted octanol–water partition coefficient (Wildman–Crippen LogP) is 1.37. The van der Waals surface area contributed by atoms with Crippen LogP contribution in [0, 0.1) is 0 Å². The fraction of sp³-hybridized carbons (Fsp3) is 0.615. The number of aliphatic hydroxyl groups is 1. The number of hydrogen-bond acceptors (Lipinski definition) is 5. The van der Waals surface area contributed by atoms with Gasteiger partial charge in [-0.05, 0) is 19.9 Å². The number of pyridine rings is 1. The van der Waals surface area contributed by atoms with Gasteiger partial charge in [0.2, 0.25) is 0 Å². The summed E-state index contributed by atoms with van der Waals surface area (Å²) in [6.45, 7) is 5.60. The molecule has 0 aliphatic carbocycles. The number of ether oxygens (including phenoxy) is 3. The lowest BCUT2D eigenvalue weighted by molar-refractivity contribution is -0.187. The second kappa shape index (κ2) is 5.75. The molecule has 0 aromatic carbocycles. The van der Waals surface area contributed by atoms with E-state index in [1.165, 1.54) is 0 Å². The smallest absolute Gasteiger partial charge is 0.185 e. The van der Waals surface area contributed by atoms with E-state index >= 15 is 0 Å². The van der Waals surface area contributed by atoms with Gasteiger partial charge in [0.1, 0.15) is 0 Å². The van der Waals surface area contributed by atoms with Crippen LogP contribution in [0.1, 0.15) is 31.4 Å². The van der Waals surface area contributed by atoms with Crippen LogP contribution >= 0.6 is 0 Å². The van der Waals surface area contributed by atoms with Gasteiger partial charge in [0.15, 0.2) is 11.9 Å². The monoisotopic (exact) mass is 253 g/mol. The Hall–Kier alpha value is -1.01. The summed E-state index contributed by atoms with van der Waals surface area (Å²) in [5.74, 6) is 0. The van der Waals surface area contributed by atoms with Gasteiger partial charge in [-0.3, -0.25) is 4.98 Å². The Kier molecular flexibility index (Phi) is 4.29. The molecule has 1 N–H and O–H groups in total. The molecule has 1 aromatic rings. The van der Waals surface area contributed by atoms with Crippen molar-refractivity contribution < 1.29 is 19.3 Å². The summed E-state index contributed by atoms with van der Waals surface area (Å²) in [5, 5.41) is 10.1. The minimum absolute atomic E-state index is 0.305. The topological polar surface area (TPSA) is 60.8 Å². The lowest BCUT2D eigenvalue weighted by atomic mass is 9.97. The van der Waals surface area contributed by atoms with Gasteiger partial charge in [0.25, 0.3) is 0 Å². The second-order valence-electron chi connectivity index (χ2n) is 4.24. The SMILES string of the molecule is CCOC(OCC)c1ccc(C2(O)COC2)nc1. The van der Waals surface area contributed by atoms with Crippen LogP contribution in [0.4, 0.5) is 0 Å². The zero-order chi connectivity index (χ0) is 13.0. The zero-order valence-corrected chi connectivity index (χ0v) is 10.8. The van der Waals surface area contributed by atoms with E-state index in [1.807, 2.05) is 19.9 Å². The van der Waals surface area contributed by atoms with Crippen LogP contribution in [0.15, 0.2) is 18.3 Å². The van der Waals surface area contributed by atoms with E-state index in [-0.39, 0.29) is 0 Å². The molecule has 0 saturated carbocycles. The third-order valence-electron chi connectivity index (χ3n) is 2.85. The van der Waals surface area contributed by atoms with Crippen molar-refractivity contribution in [2.45, 2.75) is 25.7 Å². The molecule has 2 rings (SSSR count). The highest BCUT2D eigenvalue weighted by Crippen LogP contribution is 2.28. The van der Waals surface area contributed by atoms with Gasteiger partial charge in [-0.25, -0.2) is 0 Å². The minimum Gasteiger partial charge on any atom is -0.379 e. The van der Waals surface area contributed by atoms with Crippen LogP contribution in [0.3, 0.4) is 0 Å². The van der Waals surface area contributed by atoms with E-state index in [2.05, 4.69) is 4.98 Å². The van der Waals surface area contributed by atoms with Gasteiger partial charge < -0.3 is 19.3 Å². The lowest BCUT2D eigenvalue weighted by Crippen LogP contribution is -2.47. The predicted molar refractivity (Wildman–Crippen MR) is 64.9 cm³/mol. The molecular formula is C13H19NO4. The van der Waals surface area contributed by atoms with E-state index < -0.39 is 11.9 Å². The molecule has 1 fully saturated rings. The molecule has 2 heterocycles. The molecule has 1 saturated heterocycles. The Bertz CT molecular complexity index is 369. The van der Waals surface area contributed by atoms with Gasteiger partial charge in [-0.15, -0.1) is 0 Å². The molecular weight excluding hydrogens is 234 g/mol. The van der Waals surface area contributed by atoms with Gasteiger partial charge in [-0.2, -0.15) is 0 Å². The molecule has 0 spiro atoms. The molecule has 0 atom stereocenters. The van der Waals surface area contributed by atoms with E-state index in [0.29, 0.717) is 32.1 Å². The molecule has 0 radical (unpaired) electrons. The second-order valence-corrected chi connectivity index (χ2v) is 4.24. The largest absolute Gasteiger partial charge is 0.379 e. The Morgan fingerprint density at radius 3 is 2.39 bits per heavy atom. The first kappa shape index (κ1) is 13.4. The molecule has 1 aromatic heterocycles. The molecule has 1 aliphatic rings. The van der Waals surface area contributed by atoms with Crippen LogP contribution in [0.5, 0.6) is 0 Å². The Balaban J connectivity index is 2.10. The maximum absolute atomic E-state index is 10.1. The van der Waals surface area contributed by atoms with E-state index in [4.69, 9.17) is 14.2 Å². The van der Waals surface area contributed by atoms with Crippen molar-refractivity contribution in [1.82, 2.24) is 4.98 Å². The molecule has 0 unspecified atom stereocenters. The molecule has 18 heavy (non-hydrogen) atoms. The molecule has 5 heteroatoms. The van der Waals surface area contributed by atoms with Crippen LogP contribution in [-0.2, 0) is 19.8 Å². The fourth-order valence-electron chi connectivity index (χ4n) is 1.81. The van der Waals surface area contributed by atoms with Crippen LogP contribution in [-0.4, -0.2) is 36.5 Å². The van der Waals surface area contributed by atoms with Crippen LogP contribution in [0.2, 0.25) is 0 Å². The first-order valence-corrected chi connectivity index (χ1v) is 6.19. The number of nitrogens with zero attached hydrogens (tertiary/aromatic N) is 1. The Morgan fingerprint density at radius 2 is 2.00 bits per heavy atom. The molecule has 100 valence electrons. The highest BCUT2D eigenvalue weighted by molar-refractivity contribution is 5.21. The Morgan fingerprint density at radius 1 is 1.33 bits per heavy atom. The average Bonchev–Trinajstić information content (AvgIpc) is 2.36. The highest BCUT2D eigenvalue weighted by Gasteiger charge is 2.39. The van der Waals surface area contributed by atoms with Crippen molar-refractivity contribution in [1.29, 1.82) is 0 Å². The van der Waals surface area contributed by atoms with Gasteiger partial charge in [-0.1, -0.05) is 6.07 Å². The van der Waals surface area contributed by atoms with Crippen LogP contribution in [0.25, 0.3) is 0 Å². The summed E-state index contributed by atoms with van der Waals surface area (Å²) in [6, 6.07) is 3.66. The first-order valence-electron chi connectivity index (χ1n) is 6.19. The van der Waals surface area contributed by atoms with Crippen LogP contribution < -0.4 is 0 Å². The van der Waals surface area contributed by atoms with Crippen molar-refractivity contribution >= 4 is 0 Å². The molecule has 5 nitrogen and oxygen atoms in total. The molecule has 1 aliphatic heterocycles. The van der Waals surface area contributed by atoms with Gasteiger partial charge in [0, 0.05) is 25.0 Å². The number of hydrogen-bond donors (Lipinski definition) is 1. The standard InChI is InChI=1S/C13H19NO4/c1-3-17-12(18-4-2)10-5-6-11(14-7-10)13(15)8-16-9-13/h5-7,12,15H,3-4,8-9H2,1-2H3. The van der Waals surface area contributed by atoms with Crippen molar-refractivity contribution in [2.75, 3.05) is 26.4 Å². The maximum Gasteiger partial charge on any atom is 0.185 e. The van der Waals surface area contributed by atoms with Crippen molar-refractivity contribution in [3.8, 4) is 0 Å². The molecule has 0 bridgehead atoms. The van der Waals surface area contributed by atoms with E-state index in [1.54, 1.807) is 12.3 Å². The summed E-state index contributed by atoms with van der Waals surface area (Å²) >= 11 is 0. The van der Waals surface area contributed by atoms with E-state index in [0.717, 1.165) is 5.56 Å². The van der Waals surface area contributed by atoms with Crippen molar-refractivity contribution in [3.05, 3.63) is 29.6 Å². The summed E-state index contributed by atoms with van der Waals surface area (Å²) in [5.41, 5.74) is 0.557. The summed E-state index contributed by atoms with van der Waals surface area (Å²) < 4.78 is 16.0. The third kappa shape index (κ3) is 2.70. The number of aromatic nitrogens is 1. The van der Waals surface area contributed by atoms with Gasteiger partial charge in [0.05, 0.1) is 18.9 Å². The highest BCUT2D eigenvalue weighted by atomic mass is 16.7. The Labute approximate surface area is 107 Å². The first-order chi connectivity index (χ1) is 8.69. The minimum atomic E-state index is -0.925. The summed E-state index contributed by atoms with van der Waals surface area (Å²) in [6.07, 6.45) is 1.29. The zero-order valence-electron chi connectivity index (χ0n) is 10.8. The lowest BCUT2D eigenvalue weighted by Gasteiger charge is -2.35. The fourth-order valence-corrected chi connectivity index (χ4v) is 1.81. The number of rotatable bonds is 6. The average molecular weight is 253 g/mol. The molecule has 0 amide bonds. The van der Waals surface area contributed by atoms with Crippen molar-refractivity contribution in [3.63, 3.8) is 0 Å². The maximum atomic E-state index is 10.1. The normalized spacial score (nSPS) is 17.8. The van der Waals surface area contributed by atoms with Crippen molar-refractivity contribution in [2.24, 2.45) is 0 Å². The quantitative estimate of drug-likeness (QED) is 0.776. The van der Waals surface area contributed by atoms with E-state index in [9.17, 15) is 5.11 Å². The van der Waals surface area contributed by atoms with Gasteiger partial charge >= 0.3 is 0 Å².